The Kier molecular flexibility index (Phi) is 4.18. The first-order valence-corrected chi connectivity index (χ1v) is 4.88. The van der Waals surface area contributed by atoms with Crippen LogP contribution in [0.1, 0.15) is 47.0 Å². The molecule has 0 saturated carbocycles. The third-order valence-electron chi connectivity index (χ3n) is 2.57. The van der Waals surface area contributed by atoms with Crippen molar-refractivity contribution in [2.24, 2.45) is 0 Å². The molecule has 0 bridgehead atoms. The van der Waals surface area contributed by atoms with Crippen LogP contribution in [0.3, 0.4) is 0 Å². The van der Waals surface area contributed by atoms with E-state index in [4.69, 9.17) is 0 Å². The molecule has 0 saturated heterocycles. The average molecular weight is 218 g/mol. The maximum atomic E-state index is 10.6. The van der Waals surface area contributed by atoms with Gasteiger partial charge in [-0.25, -0.2) is 0 Å². The molecule has 15 heavy (non-hydrogen) atoms. The van der Waals surface area contributed by atoms with Gasteiger partial charge in [0.25, 0.3) is 0 Å². The van der Waals surface area contributed by atoms with Crippen molar-refractivity contribution >= 4 is 0 Å². The van der Waals surface area contributed by atoms with Gasteiger partial charge in [0, 0.05) is 50.4 Å². The minimum atomic E-state index is -0.993. The summed E-state index contributed by atoms with van der Waals surface area (Å²) in [6, 6.07) is 0. The van der Waals surface area contributed by atoms with E-state index in [1.165, 1.54) is 27.7 Å². The van der Waals surface area contributed by atoms with Crippen LogP contribution in [-0.2, 0) is 0 Å². The molecule has 0 aromatic carbocycles. The van der Waals surface area contributed by atoms with Crippen LogP contribution in [0.5, 0.6) is 0 Å². The Morgan fingerprint density at radius 2 is 1.13 bits per heavy atom. The molecule has 6 nitrogen and oxygen atoms in total. The first-order valence-electron chi connectivity index (χ1n) is 4.88. The second-order valence-corrected chi connectivity index (χ2v) is 4.99. The van der Waals surface area contributed by atoms with E-state index in [2.05, 4.69) is 0 Å². The van der Waals surface area contributed by atoms with E-state index in [0.29, 0.717) is 19.3 Å². The van der Waals surface area contributed by atoms with Crippen LogP contribution >= 0.6 is 0 Å². The zero-order chi connectivity index (χ0) is 12.3. The van der Waals surface area contributed by atoms with Gasteiger partial charge in [0.15, 0.2) is 0 Å². The van der Waals surface area contributed by atoms with Crippen molar-refractivity contribution in [3.63, 3.8) is 0 Å². The molecule has 0 heterocycles. The standard InChI is InChI=1S/C9H18N2O4/c1-8(2,10(12)13)6-5-7-9(3,4)11(14)15/h5-7H2,1-4H3. The van der Waals surface area contributed by atoms with Gasteiger partial charge in [-0.05, 0) is 6.42 Å². The number of hydrogen-bond acceptors (Lipinski definition) is 4. The second kappa shape index (κ2) is 4.55. The fraction of sp³-hybridized carbons (Fsp3) is 1.00. The SMILES string of the molecule is CC(C)(CCCC(C)(C)[N+](=O)[O-])[N+](=O)[O-]. The summed E-state index contributed by atoms with van der Waals surface area (Å²) in [6.07, 6.45) is 1.20. The highest BCUT2D eigenvalue weighted by molar-refractivity contribution is 4.72. The highest BCUT2D eigenvalue weighted by Crippen LogP contribution is 2.22. The fourth-order valence-corrected chi connectivity index (χ4v) is 1.14. The first kappa shape index (κ1) is 13.8. The summed E-state index contributed by atoms with van der Waals surface area (Å²) in [6.45, 7) is 6.14. The van der Waals surface area contributed by atoms with E-state index in [0.717, 1.165) is 0 Å². The van der Waals surface area contributed by atoms with Gasteiger partial charge in [-0.1, -0.05) is 0 Å². The lowest BCUT2D eigenvalue weighted by Crippen LogP contribution is -2.34. The quantitative estimate of drug-likeness (QED) is 0.505. The first-order chi connectivity index (χ1) is 6.59. The molecule has 0 aliphatic heterocycles. The minimum Gasteiger partial charge on any atom is -0.264 e. The number of nitrogens with zero attached hydrogens (tertiary/aromatic N) is 2. The molecular weight excluding hydrogens is 200 g/mol. The van der Waals surface area contributed by atoms with Crippen molar-refractivity contribution in [3.05, 3.63) is 20.2 Å². The van der Waals surface area contributed by atoms with E-state index < -0.39 is 11.1 Å². The molecule has 0 unspecified atom stereocenters. The Morgan fingerprint density at radius 3 is 1.33 bits per heavy atom. The molecule has 6 heteroatoms. The minimum absolute atomic E-state index is 0.341. The van der Waals surface area contributed by atoms with Gasteiger partial charge >= 0.3 is 0 Å². The summed E-state index contributed by atoms with van der Waals surface area (Å²) in [5, 5.41) is 21.2. The lowest BCUT2D eigenvalue weighted by Gasteiger charge is -2.18. The fourth-order valence-electron chi connectivity index (χ4n) is 1.14. The third-order valence-corrected chi connectivity index (χ3v) is 2.57. The molecule has 0 atom stereocenters. The van der Waals surface area contributed by atoms with Crippen molar-refractivity contribution in [2.75, 3.05) is 0 Å². The normalized spacial score (nSPS) is 12.5. The van der Waals surface area contributed by atoms with Crippen LogP contribution in [-0.4, -0.2) is 20.9 Å². The second-order valence-electron chi connectivity index (χ2n) is 4.99. The van der Waals surface area contributed by atoms with E-state index >= 15 is 0 Å². The summed E-state index contributed by atoms with van der Waals surface area (Å²) in [5.74, 6) is 0. The summed E-state index contributed by atoms with van der Waals surface area (Å²) < 4.78 is 0. The Labute approximate surface area is 89.0 Å². The van der Waals surface area contributed by atoms with Crippen molar-refractivity contribution in [1.82, 2.24) is 0 Å². The molecule has 0 fully saturated rings. The van der Waals surface area contributed by atoms with E-state index in [1.807, 2.05) is 0 Å². The molecule has 0 aromatic heterocycles. The summed E-state index contributed by atoms with van der Waals surface area (Å²) in [5.41, 5.74) is -1.99. The molecule has 0 aliphatic carbocycles. The molecule has 0 radical (unpaired) electrons. The maximum absolute atomic E-state index is 10.6. The number of rotatable bonds is 6. The Balaban J connectivity index is 4.11. The molecule has 88 valence electrons. The van der Waals surface area contributed by atoms with Crippen molar-refractivity contribution in [3.8, 4) is 0 Å². The van der Waals surface area contributed by atoms with Crippen LogP contribution in [0.2, 0.25) is 0 Å². The molecule has 0 amide bonds. The maximum Gasteiger partial charge on any atom is 0.216 e. The number of nitro groups is 2. The van der Waals surface area contributed by atoms with Crippen molar-refractivity contribution in [2.45, 2.75) is 58.0 Å². The largest absolute Gasteiger partial charge is 0.264 e. The summed E-state index contributed by atoms with van der Waals surface area (Å²) in [4.78, 5) is 20.5. The van der Waals surface area contributed by atoms with Crippen LogP contribution in [0.15, 0.2) is 0 Å². The summed E-state index contributed by atoms with van der Waals surface area (Å²) in [7, 11) is 0. The van der Waals surface area contributed by atoms with Crippen LogP contribution < -0.4 is 0 Å². The monoisotopic (exact) mass is 218 g/mol. The lowest BCUT2D eigenvalue weighted by molar-refractivity contribution is -0.567. The third kappa shape index (κ3) is 4.22. The predicted octanol–water partition coefficient (Wildman–Crippen LogP) is 2.27. The zero-order valence-electron chi connectivity index (χ0n) is 9.65. The molecule has 0 spiro atoms. The Hall–Kier alpha value is -1.20. The molecule has 0 rings (SSSR count). The van der Waals surface area contributed by atoms with Gasteiger partial charge in [0.1, 0.15) is 0 Å². The zero-order valence-corrected chi connectivity index (χ0v) is 9.65. The molecule has 0 aliphatic rings. The van der Waals surface area contributed by atoms with Crippen molar-refractivity contribution < 1.29 is 9.85 Å². The van der Waals surface area contributed by atoms with Gasteiger partial charge in [-0.15, -0.1) is 0 Å². The smallest absolute Gasteiger partial charge is 0.216 e. The van der Waals surface area contributed by atoms with Crippen LogP contribution in [0.25, 0.3) is 0 Å². The van der Waals surface area contributed by atoms with Crippen LogP contribution in [0, 0.1) is 20.2 Å². The van der Waals surface area contributed by atoms with Gasteiger partial charge in [0.05, 0.1) is 0 Å². The highest BCUT2D eigenvalue weighted by atomic mass is 16.6. The van der Waals surface area contributed by atoms with Crippen LogP contribution in [0.4, 0.5) is 0 Å². The Morgan fingerprint density at radius 1 is 0.867 bits per heavy atom. The summed E-state index contributed by atoms with van der Waals surface area (Å²) >= 11 is 0. The number of hydrogen-bond donors (Lipinski definition) is 0. The molecular formula is C9H18N2O4. The Bertz CT molecular complexity index is 235. The van der Waals surface area contributed by atoms with Gasteiger partial charge < -0.3 is 0 Å². The van der Waals surface area contributed by atoms with E-state index in [-0.39, 0.29) is 9.85 Å². The van der Waals surface area contributed by atoms with Gasteiger partial charge in [0.2, 0.25) is 11.1 Å². The van der Waals surface area contributed by atoms with E-state index in [1.54, 1.807) is 0 Å². The highest BCUT2D eigenvalue weighted by Gasteiger charge is 2.34. The van der Waals surface area contributed by atoms with Gasteiger partial charge in [-0.2, -0.15) is 0 Å². The average Bonchev–Trinajstić information content (AvgIpc) is 2.02. The topological polar surface area (TPSA) is 86.3 Å². The lowest BCUT2D eigenvalue weighted by atomic mass is 9.92. The van der Waals surface area contributed by atoms with Crippen molar-refractivity contribution in [1.29, 1.82) is 0 Å². The van der Waals surface area contributed by atoms with E-state index in [9.17, 15) is 20.2 Å². The molecule has 0 N–H and O–H groups in total. The molecule has 0 aromatic rings. The van der Waals surface area contributed by atoms with Gasteiger partial charge in [-0.3, -0.25) is 20.2 Å². The predicted molar refractivity (Wildman–Crippen MR) is 56.0 cm³/mol.